The monoisotopic (exact) mass is 198 g/mol. The lowest BCUT2D eigenvalue weighted by Gasteiger charge is -2.50. The maximum atomic E-state index is 5.83. The number of piperazine rings is 1. The first-order valence-corrected chi connectivity index (χ1v) is 5.53. The molecule has 1 unspecified atom stereocenters. The molecule has 0 aromatic heterocycles. The van der Waals surface area contributed by atoms with Crippen molar-refractivity contribution in [3.8, 4) is 0 Å². The van der Waals surface area contributed by atoms with Crippen molar-refractivity contribution in [2.45, 2.75) is 12.1 Å². The highest BCUT2D eigenvalue weighted by Crippen LogP contribution is 2.18. The van der Waals surface area contributed by atoms with Crippen LogP contribution < -0.4 is 5.73 Å². The summed E-state index contributed by atoms with van der Waals surface area (Å²) in [5.41, 5.74) is 5.83. The normalized spacial score (nSPS) is 33.2. The molecule has 0 amide bonds. The van der Waals surface area contributed by atoms with E-state index < -0.39 is 0 Å². The molecule has 0 spiro atoms. The van der Waals surface area contributed by atoms with Crippen LogP contribution in [0.5, 0.6) is 0 Å². The van der Waals surface area contributed by atoms with Gasteiger partial charge in [0.15, 0.2) is 0 Å². The molecule has 4 nitrogen and oxygen atoms in total. The molecule has 0 radical (unpaired) electrons. The van der Waals surface area contributed by atoms with Gasteiger partial charge in [-0.15, -0.1) is 0 Å². The Morgan fingerprint density at radius 3 is 2.36 bits per heavy atom. The summed E-state index contributed by atoms with van der Waals surface area (Å²) >= 11 is 0. The minimum absolute atomic E-state index is 0.576. The molecule has 1 atom stereocenters. The summed E-state index contributed by atoms with van der Waals surface area (Å²) in [4.78, 5) is 7.37. The predicted molar refractivity (Wildman–Crippen MR) is 58.3 cm³/mol. The van der Waals surface area contributed by atoms with Gasteiger partial charge in [-0.3, -0.25) is 4.90 Å². The quantitative estimate of drug-likeness (QED) is 0.609. The Kier molecular flexibility index (Phi) is 3.07. The van der Waals surface area contributed by atoms with Gasteiger partial charge in [0.2, 0.25) is 0 Å². The summed E-state index contributed by atoms with van der Waals surface area (Å²) in [5, 5.41) is 0. The van der Waals surface area contributed by atoms with E-state index in [0.29, 0.717) is 6.04 Å². The van der Waals surface area contributed by atoms with Gasteiger partial charge in [-0.2, -0.15) is 0 Å². The van der Waals surface area contributed by atoms with Crippen molar-refractivity contribution in [3.63, 3.8) is 0 Å². The van der Waals surface area contributed by atoms with E-state index >= 15 is 0 Å². The van der Waals surface area contributed by atoms with Crippen molar-refractivity contribution < 1.29 is 0 Å². The Labute approximate surface area is 86.6 Å². The molecule has 0 saturated carbocycles. The van der Waals surface area contributed by atoms with Crippen molar-refractivity contribution in [1.29, 1.82) is 0 Å². The topological polar surface area (TPSA) is 35.7 Å². The molecule has 4 heteroatoms. The second-order valence-electron chi connectivity index (χ2n) is 4.76. The average molecular weight is 198 g/mol. The van der Waals surface area contributed by atoms with Crippen LogP contribution in [-0.2, 0) is 0 Å². The third kappa shape index (κ3) is 1.93. The van der Waals surface area contributed by atoms with Crippen LogP contribution in [0.1, 0.15) is 0 Å². The third-order valence-electron chi connectivity index (χ3n) is 3.52. The van der Waals surface area contributed by atoms with E-state index in [1.54, 1.807) is 0 Å². The van der Waals surface area contributed by atoms with Gasteiger partial charge in [0, 0.05) is 51.4 Å². The molecule has 14 heavy (non-hydrogen) atoms. The number of hydrogen-bond acceptors (Lipinski definition) is 4. The van der Waals surface area contributed by atoms with E-state index in [-0.39, 0.29) is 0 Å². The summed E-state index contributed by atoms with van der Waals surface area (Å²) in [6.45, 7) is 6.76. The highest BCUT2D eigenvalue weighted by Gasteiger charge is 2.35. The van der Waals surface area contributed by atoms with Gasteiger partial charge in [-0.05, 0) is 14.1 Å². The molecule has 2 heterocycles. The zero-order chi connectivity index (χ0) is 10.1. The van der Waals surface area contributed by atoms with Gasteiger partial charge in [-0.25, -0.2) is 0 Å². The van der Waals surface area contributed by atoms with Gasteiger partial charge in [-0.1, -0.05) is 0 Å². The zero-order valence-electron chi connectivity index (χ0n) is 9.32. The second-order valence-corrected chi connectivity index (χ2v) is 4.76. The Hall–Kier alpha value is -0.160. The largest absolute Gasteiger partial charge is 0.329 e. The molecule has 2 aliphatic heterocycles. The van der Waals surface area contributed by atoms with Crippen molar-refractivity contribution in [3.05, 3.63) is 0 Å². The molecule has 82 valence electrons. The maximum Gasteiger partial charge on any atom is 0.0354 e. The Morgan fingerprint density at radius 2 is 1.79 bits per heavy atom. The number of nitrogens with two attached hydrogens (primary N) is 1. The lowest BCUT2D eigenvalue weighted by Crippen LogP contribution is -2.66. The first kappa shape index (κ1) is 10.4. The molecule has 0 bridgehead atoms. The van der Waals surface area contributed by atoms with Gasteiger partial charge < -0.3 is 15.5 Å². The molecular weight excluding hydrogens is 176 g/mol. The summed E-state index contributed by atoms with van der Waals surface area (Å²) in [5.74, 6) is 0. The maximum absolute atomic E-state index is 5.83. The zero-order valence-corrected chi connectivity index (χ0v) is 9.32. The number of nitrogens with zero attached hydrogens (tertiary/aromatic N) is 3. The van der Waals surface area contributed by atoms with Gasteiger partial charge >= 0.3 is 0 Å². The van der Waals surface area contributed by atoms with Gasteiger partial charge in [0.1, 0.15) is 0 Å². The fourth-order valence-electron chi connectivity index (χ4n) is 2.59. The smallest absolute Gasteiger partial charge is 0.0354 e. The van der Waals surface area contributed by atoms with E-state index in [1.165, 1.54) is 26.2 Å². The summed E-state index contributed by atoms with van der Waals surface area (Å²) < 4.78 is 0. The summed E-state index contributed by atoms with van der Waals surface area (Å²) in [7, 11) is 4.37. The van der Waals surface area contributed by atoms with Crippen molar-refractivity contribution in [1.82, 2.24) is 14.7 Å². The summed E-state index contributed by atoms with van der Waals surface area (Å²) in [6.07, 6.45) is 0. The van der Waals surface area contributed by atoms with E-state index in [0.717, 1.165) is 19.1 Å². The standard InChI is InChI=1S/C10H22N4/c1-12-3-4-14(9(5-11)6-12)10-7-13(2)8-10/h9-10H,3-8,11H2,1-2H3. The molecule has 2 fully saturated rings. The van der Waals surface area contributed by atoms with Crippen LogP contribution in [0.15, 0.2) is 0 Å². The fourth-order valence-corrected chi connectivity index (χ4v) is 2.59. The lowest BCUT2D eigenvalue weighted by atomic mass is 10.0. The predicted octanol–water partition coefficient (Wildman–Crippen LogP) is -1.12. The number of hydrogen-bond donors (Lipinski definition) is 1. The minimum atomic E-state index is 0.576. The van der Waals surface area contributed by atoms with Crippen molar-refractivity contribution >= 4 is 0 Å². The van der Waals surface area contributed by atoms with Crippen molar-refractivity contribution in [2.75, 3.05) is 53.4 Å². The second kappa shape index (κ2) is 4.14. The number of likely N-dealkylation sites (tertiary alicyclic amines) is 1. The van der Waals surface area contributed by atoms with E-state index in [4.69, 9.17) is 5.73 Å². The Bertz CT molecular complexity index is 191. The molecular formula is C10H22N4. The highest BCUT2D eigenvalue weighted by molar-refractivity contribution is 4.93. The SMILES string of the molecule is CN1CCN(C2CN(C)C2)C(CN)C1. The van der Waals surface area contributed by atoms with Crippen LogP contribution in [0, 0.1) is 0 Å². The van der Waals surface area contributed by atoms with Gasteiger partial charge in [0.05, 0.1) is 0 Å². The number of rotatable bonds is 2. The van der Waals surface area contributed by atoms with E-state index in [2.05, 4.69) is 28.8 Å². The molecule has 0 aromatic carbocycles. The highest BCUT2D eigenvalue weighted by atomic mass is 15.4. The average Bonchev–Trinajstić information content (AvgIpc) is 2.13. The molecule has 0 aromatic rings. The minimum Gasteiger partial charge on any atom is -0.329 e. The lowest BCUT2D eigenvalue weighted by molar-refractivity contribution is -0.0108. The van der Waals surface area contributed by atoms with E-state index in [9.17, 15) is 0 Å². The van der Waals surface area contributed by atoms with E-state index in [1.807, 2.05) is 0 Å². The number of likely N-dealkylation sites (N-methyl/N-ethyl adjacent to an activating group) is 2. The molecule has 2 rings (SSSR count). The Morgan fingerprint density at radius 1 is 1.07 bits per heavy atom. The van der Waals surface area contributed by atoms with Crippen LogP contribution in [0.4, 0.5) is 0 Å². The van der Waals surface area contributed by atoms with Crippen LogP contribution in [0.25, 0.3) is 0 Å². The van der Waals surface area contributed by atoms with Crippen LogP contribution >= 0.6 is 0 Å². The molecule has 0 aliphatic carbocycles. The van der Waals surface area contributed by atoms with Crippen molar-refractivity contribution in [2.24, 2.45) is 5.73 Å². The fraction of sp³-hybridized carbons (Fsp3) is 1.00. The third-order valence-corrected chi connectivity index (χ3v) is 3.52. The van der Waals surface area contributed by atoms with Crippen LogP contribution in [-0.4, -0.2) is 80.1 Å². The Balaban J connectivity index is 1.90. The first-order chi connectivity index (χ1) is 6.70. The molecule has 2 saturated heterocycles. The van der Waals surface area contributed by atoms with Gasteiger partial charge in [0.25, 0.3) is 0 Å². The molecule has 2 N–H and O–H groups in total. The first-order valence-electron chi connectivity index (χ1n) is 5.53. The molecule has 2 aliphatic rings. The van der Waals surface area contributed by atoms with Crippen LogP contribution in [0.3, 0.4) is 0 Å². The van der Waals surface area contributed by atoms with Crippen LogP contribution in [0.2, 0.25) is 0 Å². The summed E-state index contributed by atoms with van der Waals surface area (Å²) in [6, 6.07) is 1.34.